The summed E-state index contributed by atoms with van der Waals surface area (Å²) in [5.74, 6) is 5.57. The Hall–Kier alpha value is -1.17. The number of hydrogen-bond acceptors (Lipinski definition) is 4. The molecule has 0 bridgehead atoms. The second-order valence-corrected chi connectivity index (χ2v) is 4.65. The SMILES string of the molecule is Cc1cc(C(NN)c2cnn(C)c2)cs1. The third kappa shape index (κ3) is 2.09. The van der Waals surface area contributed by atoms with Crippen LogP contribution in [0.4, 0.5) is 0 Å². The highest BCUT2D eigenvalue weighted by Crippen LogP contribution is 2.25. The number of aryl methyl sites for hydroxylation is 2. The first-order valence-electron chi connectivity index (χ1n) is 4.70. The van der Waals surface area contributed by atoms with Crippen LogP contribution in [0, 0.1) is 6.92 Å². The fraction of sp³-hybridized carbons (Fsp3) is 0.300. The van der Waals surface area contributed by atoms with Crippen molar-refractivity contribution >= 4 is 11.3 Å². The topological polar surface area (TPSA) is 55.9 Å². The van der Waals surface area contributed by atoms with Gasteiger partial charge in [0.25, 0.3) is 0 Å². The first-order chi connectivity index (χ1) is 7.20. The van der Waals surface area contributed by atoms with Crippen molar-refractivity contribution in [1.29, 1.82) is 0 Å². The minimum absolute atomic E-state index is 0.0312. The number of nitrogens with one attached hydrogen (secondary N) is 1. The highest BCUT2D eigenvalue weighted by molar-refractivity contribution is 7.10. The Morgan fingerprint density at radius 1 is 1.53 bits per heavy atom. The molecular formula is C10H14N4S. The monoisotopic (exact) mass is 222 g/mol. The molecule has 0 saturated carbocycles. The van der Waals surface area contributed by atoms with Crippen LogP contribution in [0.5, 0.6) is 0 Å². The van der Waals surface area contributed by atoms with Gasteiger partial charge >= 0.3 is 0 Å². The van der Waals surface area contributed by atoms with Crippen molar-refractivity contribution in [1.82, 2.24) is 15.2 Å². The number of aromatic nitrogens is 2. The third-order valence-electron chi connectivity index (χ3n) is 2.31. The second-order valence-electron chi connectivity index (χ2n) is 3.54. The molecule has 0 fully saturated rings. The first-order valence-corrected chi connectivity index (χ1v) is 5.58. The van der Waals surface area contributed by atoms with Gasteiger partial charge in [-0.3, -0.25) is 10.5 Å². The van der Waals surface area contributed by atoms with Crippen LogP contribution in [-0.4, -0.2) is 9.78 Å². The van der Waals surface area contributed by atoms with E-state index in [0.29, 0.717) is 0 Å². The van der Waals surface area contributed by atoms with Gasteiger partial charge in [-0.25, -0.2) is 5.43 Å². The Morgan fingerprint density at radius 3 is 2.80 bits per heavy atom. The van der Waals surface area contributed by atoms with Crippen LogP contribution in [0.15, 0.2) is 23.8 Å². The maximum Gasteiger partial charge on any atom is 0.0748 e. The van der Waals surface area contributed by atoms with Crippen LogP contribution < -0.4 is 11.3 Å². The van der Waals surface area contributed by atoms with E-state index in [1.54, 1.807) is 16.0 Å². The second kappa shape index (κ2) is 4.14. The summed E-state index contributed by atoms with van der Waals surface area (Å²) in [6.45, 7) is 2.09. The zero-order valence-electron chi connectivity index (χ0n) is 8.77. The number of hydrogen-bond donors (Lipinski definition) is 2. The van der Waals surface area contributed by atoms with Crippen molar-refractivity contribution in [2.24, 2.45) is 12.9 Å². The van der Waals surface area contributed by atoms with E-state index >= 15 is 0 Å². The van der Waals surface area contributed by atoms with Crippen LogP contribution in [0.25, 0.3) is 0 Å². The van der Waals surface area contributed by atoms with Gasteiger partial charge in [0.15, 0.2) is 0 Å². The van der Waals surface area contributed by atoms with E-state index in [4.69, 9.17) is 5.84 Å². The molecule has 4 nitrogen and oxygen atoms in total. The molecule has 0 spiro atoms. The molecule has 0 saturated heterocycles. The molecule has 0 aliphatic rings. The molecule has 2 heterocycles. The van der Waals surface area contributed by atoms with E-state index in [0.717, 1.165) is 5.56 Å². The van der Waals surface area contributed by atoms with Gasteiger partial charge in [-0.1, -0.05) is 0 Å². The van der Waals surface area contributed by atoms with Crippen molar-refractivity contribution < 1.29 is 0 Å². The van der Waals surface area contributed by atoms with Crippen LogP contribution in [0.3, 0.4) is 0 Å². The lowest BCUT2D eigenvalue weighted by molar-refractivity contribution is 0.637. The largest absolute Gasteiger partial charge is 0.275 e. The summed E-state index contributed by atoms with van der Waals surface area (Å²) in [4.78, 5) is 1.29. The predicted molar refractivity (Wildman–Crippen MR) is 61.4 cm³/mol. The van der Waals surface area contributed by atoms with Gasteiger partial charge in [-0.15, -0.1) is 11.3 Å². The smallest absolute Gasteiger partial charge is 0.0748 e. The standard InChI is InChI=1S/C10H14N4S/c1-7-3-8(6-15-7)10(13-11)9-4-12-14(2)5-9/h3-6,10,13H,11H2,1-2H3. The maximum absolute atomic E-state index is 5.57. The lowest BCUT2D eigenvalue weighted by Crippen LogP contribution is -2.28. The van der Waals surface area contributed by atoms with Gasteiger partial charge < -0.3 is 0 Å². The summed E-state index contributed by atoms with van der Waals surface area (Å²) in [6.07, 6.45) is 3.80. The molecule has 15 heavy (non-hydrogen) atoms. The minimum Gasteiger partial charge on any atom is -0.275 e. The summed E-state index contributed by atoms with van der Waals surface area (Å²) < 4.78 is 1.78. The fourth-order valence-electron chi connectivity index (χ4n) is 1.59. The van der Waals surface area contributed by atoms with Crippen LogP contribution >= 0.6 is 11.3 Å². The summed E-state index contributed by atoms with van der Waals surface area (Å²) in [7, 11) is 1.90. The van der Waals surface area contributed by atoms with E-state index in [9.17, 15) is 0 Å². The lowest BCUT2D eigenvalue weighted by Gasteiger charge is -2.11. The molecule has 2 aromatic heterocycles. The van der Waals surface area contributed by atoms with Gasteiger partial charge in [0, 0.05) is 23.7 Å². The predicted octanol–water partition coefficient (Wildman–Crippen LogP) is 1.34. The zero-order chi connectivity index (χ0) is 10.8. The third-order valence-corrected chi connectivity index (χ3v) is 3.19. The first kappa shape index (κ1) is 10.4. The van der Waals surface area contributed by atoms with Crippen molar-refractivity contribution in [3.8, 4) is 0 Å². The van der Waals surface area contributed by atoms with Gasteiger partial charge in [0.2, 0.25) is 0 Å². The summed E-state index contributed by atoms with van der Waals surface area (Å²) >= 11 is 1.73. The van der Waals surface area contributed by atoms with Crippen LogP contribution in [0.2, 0.25) is 0 Å². The molecule has 3 N–H and O–H groups in total. The quantitative estimate of drug-likeness (QED) is 0.608. The molecule has 0 radical (unpaired) electrons. The normalized spacial score (nSPS) is 13.0. The maximum atomic E-state index is 5.57. The lowest BCUT2D eigenvalue weighted by atomic mass is 10.1. The van der Waals surface area contributed by atoms with Gasteiger partial charge in [-0.05, 0) is 23.9 Å². The highest BCUT2D eigenvalue weighted by Gasteiger charge is 2.14. The van der Waals surface area contributed by atoms with E-state index in [1.165, 1.54) is 10.4 Å². The molecule has 0 aromatic carbocycles. The van der Waals surface area contributed by atoms with Crippen molar-refractivity contribution in [2.45, 2.75) is 13.0 Å². The minimum atomic E-state index is 0.0312. The summed E-state index contributed by atoms with van der Waals surface area (Å²) in [6, 6.07) is 2.17. The molecule has 2 rings (SSSR count). The van der Waals surface area contributed by atoms with E-state index in [1.807, 2.05) is 19.4 Å². The Bertz CT molecular complexity index is 405. The van der Waals surface area contributed by atoms with Crippen molar-refractivity contribution in [3.05, 3.63) is 39.8 Å². The Balaban J connectivity index is 2.32. The van der Waals surface area contributed by atoms with Crippen LogP contribution in [0.1, 0.15) is 22.0 Å². The van der Waals surface area contributed by atoms with Crippen molar-refractivity contribution in [2.75, 3.05) is 0 Å². The molecule has 5 heteroatoms. The molecule has 1 atom stereocenters. The summed E-state index contributed by atoms with van der Waals surface area (Å²) in [5, 5.41) is 6.26. The molecular weight excluding hydrogens is 208 g/mol. The van der Waals surface area contributed by atoms with Crippen molar-refractivity contribution in [3.63, 3.8) is 0 Å². The molecule has 0 aliphatic carbocycles. The molecule has 0 aliphatic heterocycles. The van der Waals surface area contributed by atoms with Gasteiger partial charge in [-0.2, -0.15) is 5.10 Å². The van der Waals surface area contributed by atoms with E-state index in [2.05, 4.69) is 28.9 Å². The molecule has 80 valence electrons. The average molecular weight is 222 g/mol. The highest BCUT2D eigenvalue weighted by atomic mass is 32.1. The Labute approximate surface area is 92.7 Å². The molecule has 1 unspecified atom stereocenters. The fourth-order valence-corrected chi connectivity index (χ4v) is 2.32. The zero-order valence-corrected chi connectivity index (χ0v) is 9.58. The average Bonchev–Trinajstić information content (AvgIpc) is 2.78. The molecule has 2 aromatic rings. The summed E-state index contributed by atoms with van der Waals surface area (Å²) in [5.41, 5.74) is 5.08. The number of rotatable bonds is 3. The van der Waals surface area contributed by atoms with E-state index < -0.39 is 0 Å². The molecule has 0 amide bonds. The number of thiophene rings is 1. The Morgan fingerprint density at radius 2 is 2.33 bits per heavy atom. The number of nitrogens with two attached hydrogens (primary N) is 1. The van der Waals surface area contributed by atoms with Gasteiger partial charge in [0.05, 0.1) is 12.2 Å². The van der Waals surface area contributed by atoms with E-state index in [-0.39, 0.29) is 6.04 Å². The van der Waals surface area contributed by atoms with Gasteiger partial charge in [0.1, 0.15) is 0 Å². The van der Waals surface area contributed by atoms with Crippen LogP contribution in [-0.2, 0) is 7.05 Å². The number of nitrogens with zero attached hydrogens (tertiary/aromatic N) is 2. The Kier molecular flexibility index (Phi) is 2.86. The number of hydrazine groups is 1.